The maximum absolute atomic E-state index is 13.3. The molecule has 1 fully saturated rings. The largest absolute Gasteiger partial charge is 0.451 e. The number of amides is 1. The van der Waals surface area contributed by atoms with Crippen molar-refractivity contribution in [1.29, 1.82) is 0 Å². The number of β-amino-alcohol motifs (C(OH)–C–C–N with tert-alkyl or cyclic N) is 1. The minimum atomic E-state index is -4.04. The Kier molecular flexibility index (Phi) is 6.80. The molecule has 1 amide bonds. The van der Waals surface area contributed by atoms with Crippen LogP contribution in [0, 0.1) is 13.8 Å². The number of aliphatic hydroxyl groups is 1. The number of hydrogen-bond acceptors (Lipinski definition) is 6. The highest BCUT2D eigenvalue weighted by atomic mass is 32.2. The molecule has 1 saturated heterocycles. The van der Waals surface area contributed by atoms with Gasteiger partial charge in [0.2, 0.25) is 10.0 Å². The highest BCUT2D eigenvalue weighted by Crippen LogP contribution is 2.30. The van der Waals surface area contributed by atoms with E-state index in [-0.39, 0.29) is 23.8 Å². The van der Waals surface area contributed by atoms with Gasteiger partial charge in [0.15, 0.2) is 6.10 Å². The summed E-state index contributed by atoms with van der Waals surface area (Å²) in [5.74, 6) is -1.20. The van der Waals surface area contributed by atoms with Crippen molar-refractivity contribution in [2.75, 3.05) is 18.0 Å². The number of rotatable bonds is 5. The monoisotopic (exact) mass is 486 g/mol. The Bertz CT molecular complexity index is 1210. The lowest BCUT2D eigenvalue weighted by molar-refractivity contribution is -0.157. The lowest BCUT2D eigenvalue weighted by atomic mass is 10.0. The topological polar surface area (TPSA) is 104 Å². The molecule has 2 aliphatic heterocycles. The SMILES string of the molecule is Cc1ccc(S(=O)(=O)N2C[C@H](O)C[C@@H]2C(=O)O[C@H](C)C(=O)N2CCCc3ccccc32)cc1C. The normalized spacial score (nSPS) is 21.7. The maximum Gasteiger partial charge on any atom is 0.325 e. The van der Waals surface area contributed by atoms with Crippen LogP contribution >= 0.6 is 0 Å². The minimum absolute atomic E-state index is 0.0524. The van der Waals surface area contributed by atoms with Crippen LogP contribution in [0.4, 0.5) is 5.69 Å². The second-order valence-electron chi connectivity index (χ2n) is 9.03. The fraction of sp³-hybridized carbons (Fsp3) is 0.440. The number of para-hydroxylation sites is 1. The first kappa shape index (κ1) is 24.4. The molecular weight excluding hydrogens is 456 g/mol. The van der Waals surface area contributed by atoms with Crippen molar-refractivity contribution in [3.05, 3.63) is 59.2 Å². The maximum atomic E-state index is 13.3. The Morgan fingerprint density at radius 1 is 1.12 bits per heavy atom. The van der Waals surface area contributed by atoms with Crippen LogP contribution in [0.2, 0.25) is 0 Å². The quantitative estimate of drug-likeness (QED) is 0.651. The number of ether oxygens (including phenoxy) is 1. The standard InChI is InChI=1S/C25H30N2O6S/c1-16-10-11-21(13-17(16)2)34(31,32)27-15-20(28)14-23(27)25(30)33-18(3)24(29)26-12-6-8-19-7-4-5-9-22(19)26/h4-5,7,9-11,13,18,20,23,28H,6,8,12,14-15H2,1-3H3/t18-,20-,23-/m1/s1. The van der Waals surface area contributed by atoms with Gasteiger partial charge in [-0.1, -0.05) is 24.3 Å². The highest BCUT2D eigenvalue weighted by molar-refractivity contribution is 7.89. The zero-order valence-electron chi connectivity index (χ0n) is 19.6. The van der Waals surface area contributed by atoms with Crippen LogP contribution in [0.3, 0.4) is 0 Å². The van der Waals surface area contributed by atoms with Crippen LogP contribution in [-0.2, 0) is 30.8 Å². The van der Waals surface area contributed by atoms with E-state index in [2.05, 4.69) is 0 Å². The lowest BCUT2D eigenvalue weighted by Crippen LogP contribution is -2.46. The molecule has 2 aliphatic rings. The smallest absolute Gasteiger partial charge is 0.325 e. The number of fused-ring (bicyclic) bond motifs is 1. The van der Waals surface area contributed by atoms with Gasteiger partial charge in [-0.3, -0.25) is 9.59 Å². The summed E-state index contributed by atoms with van der Waals surface area (Å²) < 4.78 is 33.0. The van der Waals surface area contributed by atoms with E-state index in [4.69, 9.17) is 4.74 Å². The van der Waals surface area contributed by atoms with Crippen LogP contribution in [0.5, 0.6) is 0 Å². The van der Waals surface area contributed by atoms with Crippen LogP contribution < -0.4 is 4.90 Å². The molecule has 2 aromatic rings. The molecule has 0 bridgehead atoms. The summed E-state index contributed by atoms with van der Waals surface area (Å²) in [7, 11) is -4.04. The number of aryl methyl sites for hydroxylation is 3. The molecule has 34 heavy (non-hydrogen) atoms. The number of anilines is 1. The Balaban J connectivity index is 1.51. The molecule has 0 aliphatic carbocycles. The van der Waals surface area contributed by atoms with E-state index in [0.717, 1.165) is 39.5 Å². The molecule has 0 spiro atoms. The summed E-state index contributed by atoms with van der Waals surface area (Å²) in [6.45, 7) is 5.49. The number of carbonyl (C=O) groups is 2. The summed E-state index contributed by atoms with van der Waals surface area (Å²) in [4.78, 5) is 27.8. The zero-order valence-corrected chi connectivity index (χ0v) is 20.4. The van der Waals surface area contributed by atoms with Gasteiger partial charge in [0.25, 0.3) is 5.91 Å². The predicted molar refractivity (Wildman–Crippen MR) is 127 cm³/mol. The van der Waals surface area contributed by atoms with Crippen molar-refractivity contribution in [1.82, 2.24) is 4.31 Å². The third-order valence-corrected chi connectivity index (χ3v) is 8.48. The van der Waals surface area contributed by atoms with Crippen molar-refractivity contribution in [3.63, 3.8) is 0 Å². The van der Waals surface area contributed by atoms with E-state index >= 15 is 0 Å². The molecule has 8 nitrogen and oxygen atoms in total. The summed E-state index contributed by atoms with van der Waals surface area (Å²) in [5.41, 5.74) is 3.62. The summed E-state index contributed by atoms with van der Waals surface area (Å²) in [6, 6.07) is 11.2. The van der Waals surface area contributed by atoms with Gasteiger partial charge in [-0.25, -0.2) is 8.42 Å². The first-order valence-electron chi connectivity index (χ1n) is 11.5. The number of nitrogens with zero attached hydrogens (tertiary/aromatic N) is 2. The summed E-state index contributed by atoms with van der Waals surface area (Å²) in [6.07, 6.45) is -0.503. The first-order valence-corrected chi connectivity index (χ1v) is 12.9. The number of benzene rings is 2. The second kappa shape index (κ2) is 9.48. The molecule has 4 rings (SSSR count). The van der Waals surface area contributed by atoms with E-state index in [1.165, 1.54) is 13.0 Å². The molecule has 3 atom stereocenters. The number of hydrogen-bond donors (Lipinski definition) is 1. The number of esters is 1. The van der Waals surface area contributed by atoms with Crippen molar-refractivity contribution in [2.45, 2.75) is 63.2 Å². The Morgan fingerprint density at radius 3 is 2.59 bits per heavy atom. The van der Waals surface area contributed by atoms with Gasteiger partial charge in [-0.2, -0.15) is 4.31 Å². The molecule has 0 radical (unpaired) electrons. The average Bonchev–Trinajstić information content (AvgIpc) is 3.22. The molecular formula is C25H30N2O6S. The second-order valence-corrected chi connectivity index (χ2v) is 10.9. The number of carbonyl (C=O) groups excluding carboxylic acids is 2. The van der Waals surface area contributed by atoms with Crippen molar-refractivity contribution < 1.29 is 27.9 Å². The minimum Gasteiger partial charge on any atom is -0.451 e. The van der Waals surface area contributed by atoms with E-state index < -0.39 is 34.2 Å². The molecule has 2 heterocycles. The Hall–Kier alpha value is -2.75. The van der Waals surface area contributed by atoms with E-state index in [1.807, 2.05) is 38.1 Å². The van der Waals surface area contributed by atoms with Gasteiger partial charge >= 0.3 is 5.97 Å². The molecule has 1 N–H and O–H groups in total. The third-order valence-electron chi connectivity index (χ3n) is 6.61. The molecule has 0 saturated carbocycles. The fourth-order valence-electron chi connectivity index (χ4n) is 4.56. The van der Waals surface area contributed by atoms with Gasteiger partial charge in [0.05, 0.1) is 11.0 Å². The van der Waals surface area contributed by atoms with E-state index in [1.54, 1.807) is 17.0 Å². The van der Waals surface area contributed by atoms with E-state index in [0.29, 0.717) is 6.54 Å². The predicted octanol–water partition coefficient (Wildman–Crippen LogP) is 2.34. The number of sulfonamides is 1. The average molecular weight is 487 g/mol. The molecule has 2 aromatic carbocycles. The summed E-state index contributed by atoms with van der Waals surface area (Å²) >= 11 is 0. The molecule has 0 unspecified atom stereocenters. The molecule has 182 valence electrons. The van der Waals surface area contributed by atoms with Gasteiger partial charge in [0, 0.05) is 25.2 Å². The highest BCUT2D eigenvalue weighted by Gasteiger charge is 2.45. The lowest BCUT2D eigenvalue weighted by Gasteiger charge is -2.31. The van der Waals surface area contributed by atoms with E-state index in [9.17, 15) is 23.1 Å². The zero-order chi connectivity index (χ0) is 24.6. The van der Waals surface area contributed by atoms with Crippen LogP contribution in [0.25, 0.3) is 0 Å². The van der Waals surface area contributed by atoms with Gasteiger partial charge in [-0.05, 0) is 68.5 Å². The Morgan fingerprint density at radius 2 is 1.85 bits per heavy atom. The molecule has 9 heteroatoms. The van der Waals surface area contributed by atoms with Crippen molar-refractivity contribution >= 4 is 27.6 Å². The fourth-order valence-corrected chi connectivity index (χ4v) is 6.27. The van der Waals surface area contributed by atoms with Crippen molar-refractivity contribution in [2.24, 2.45) is 0 Å². The number of aliphatic hydroxyl groups excluding tert-OH is 1. The van der Waals surface area contributed by atoms with Crippen LogP contribution in [0.1, 0.15) is 36.5 Å². The Labute approximate surface area is 200 Å². The van der Waals surface area contributed by atoms with Gasteiger partial charge in [-0.15, -0.1) is 0 Å². The molecule has 0 aromatic heterocycles. The first-order chi connectivity index (χ1) is 16.1. The van der Waals surface area contributed by atoms with Crippen LogP contribution in [0.15, 0.2) is 47.4 Å². The summed E-state index contributed by atoms with van der Waals surface area (Å²) in [5, 5.41) is 10.2. The van der Waals surface area contributed by atoms with Crippen LogP contribution in [-0.4, -0.2) is 61.0 Å². The van der Waals surface area contributed by atoms with Crippen molar-refractivity contribution in [3.8, 4) is 0 Å². The third kappa shape index (κ3) is 4.60. The van der Waals surface area contributed by atoms with Gasteiger partial charge in [0.1, 0.15) is 6.04 Å². The van der Waals surface area contributed by atoms with Gasteiger partial charge < -0.3 is 14.7 Å².